The summed E-state index contributed by atoms with van der Waals surface area (Å²) < 4.78 is 5.46. The van der Waals surface area contributed by atoms with Gasteiger partial charge in [-0.15, -0.1) is 0 Å². The molecule has 0 aromatic heterocycles. The summed E-state index contributed by atoms with van der Waals surface area (Å²) in [6, 6.07) is 6.16. The van der Waals surface area contributed by atoms with Crippen molar-refractivity contribution in [2.24, 2.45) is 0 Å². The molecule has 2 aliphatic heterocycles. The molecule has 1 spiro atoms. The van der Waals surface area contributed by atoms with Gasteiger partial charge in [-0.3, -0.25) is 4.79 Å². The number of amides is 2. The lowest BCUT2D eigenvalue weighted by Gasteiger charge is -2.26. The van der Waals surface area contributed by atoms with Crippen molar-refractivity contribution in [2.75, 3.05) is 18.4 Å². The van der Waals surface area contributed by atoms with Crippen LogP contribution in [0.15, 0.2) is 18.2 Å². The zero-order chi connectivity index (χ0) is 17.7. The van der Waals surface area contributed by atoms with E-state index in [0.29, 0.717) is 25.4 Å². The van der Waals surface area contributed by atoms with Crippen molar-refractivity contribution in [2.45, 2.75) is 58.0 Å². The van der Waals surface area contributed by atoms with Gasteiger partial charge in [0.25, 0.3) is 0 Å². The molecular formula is C19H26N2O3. The first-order chi connectivity index (χ1) is 11.1. The number of ether oxygens (including phenoxy) is 1. The molecule has 1 aromatic carbocycles. The van der Waals surface area contributed by atoms with Gasteiger partial charge in [0, 0.05) is 18.8 Å². The molecule has 2 amide bonds. The number of nitrogens with one attached hydrogen (secondary N) is 1. The number of carbonyl (C=O) groups excluding carboxylic acids is 2. The minimum absolute atomic E-state index is 0.00975. The highest BCUT2D eigenvalue weighted by Crippen LogP contribution is 2.45. The van der Waals surface area contributed by atoms with E-state index in [1.54, 1.807) is 4.90 Å². The van der Waals surface area contributed by atoms with Crippen molar-refractivity contribution in [3.8, 4) is 0 Å². The molecular weight excluding hydrogens is 304 g/mol. The van der Waals surface area contributed by atoms with Crippen LogP contribution in [0.4, 0.5) is 10.5 Å². The smallest absolute Gasteiger partial charge is 0.410 e. The lowest BCUT2D eigenvalue weighted by atomic mass is 9.79. The molecule has 2 aliphatic rings. The zero-order valence-corrected chi connectivity index (χ0v) is 15.1. The first kappa shape index (κ1) is 16.8. The third-order valence-electron chi connectivity index (χ3n) is 4.83. The summed E-state index contributed by atoms with van der Waals surface area (Å²) in [6.07, 6.45) is 0.285. The van der Waals surface area contributed by atoms with Crippen LogP contribution in [-0.2, 0) is 14.9 Å². The van der Waals surface area contributed by atoms with E-state index in [-0.39, 0.29) is 12.0 Å². The Balaban J connectivity index is 1.89. The number of nitrogens with zero attached hydrogens (tertiary/aromatic N) is 1. The molecule has 1 N–H and O–H groups in total. The minimum atomic E-state index is -0.642. The fourth-order valence-electron chi connectivity index (χ4n) is 3.49. The molecule has 0 bridgehead atoms. The van der Waals surface area contributed by atoms with Crippen molar-refractivity contribution in [3.05, 3.63) is 29.3 Å². The van der Waals surface area contributed by atoms with Crippen LogP contribution in [0.1, 0.15) is 58.1 Å². The van der Waals surface area contributed by atoms with Gasteiger partial charge in [0.1, 0.15) is 5.60 Å². The Kier molecular flexibility index (Phi) is 3.85. The second-order valence-corrected chi connectivity index (χ2v) is 8.15. The molecule has 1 atom stereocenters. The maximum absolute atomic E-state index is 12.7. The van der Waals surface area contributed by atoms with Crippen LogP contribution in [0, 0.1) is 0 Å². The molecule has 1 unspecified atom stereocenters. The van der Waals surface area contributed by atoms with Gasteiger partial charge in [0.05, 0.1) is 5.41 Å². The van der Waals surface area contributed by atoms with Gasteiger partial charge in [-0.05, 0) is 50.3 Å². The third kappa shape index (κ3) is 2.76. The van der Waals surface area contributed by atoms with Crippen LogP contribution >= 0.6 is 0 Å². The summed E-state index contributed by atoms with van der Waals surface area (Å²) in [4.78, 5) is 26.7. The van der Waals surface area contributed by atoms with Crippen LogP contribution in [0.2, 0.25) is 0 Å². The predicted molar refractivity (Wildman–Crippen MR) is 93.3 cm³/mol. The van der Waals surface area contributed by atoms with Gasteiger partial charge in [-0.1, -0.05) is 26.0 Å². The van der Waals surface area contributed by atoms with Gasteiger partial charge >= 0.3 is 6.09 Å². The minimum Gasteiger partial charge on any atom is -0.444 e. The quantitative estimate of drug-likeness (QED) is 0.855. The normalized spacial score (nSPS) is 22.9. The average molecular weight is 330 g/mol. The molecule has 1 fully saturated rings. The SMILES string of the molecule is CC(C)c1ccc2c(c1)C1(CCN(C(=O)OC(C)(C)C)C1)C(=O)N2. The van der Waals surface area contributed by atoms with Gasteiger partial charge in [-0.25, -0.2) is 4.79 Å². The Morgan fingerprint density at radius 1 is 1.33 bits per heavy atom. The molecule has 0 saturated carbocycles. The second kappa shape index (κ2) is 5.50. The first-order valence-corrected chi connectivity index (χ1v) is 8.56. The fraction of sp³-hybridized carbons (Fsp3) is 0.579. The Bertz CT molecular complexity index is 690. The number of carbonyl (C=O) groups is 2. The summed E-state index contributed by atoms with van der Waals surface area (Å²) in [7, 11) is 0. The second-order valence-electron chi connectivity index (χ2n) is 8.15. The highest BCUT2D eigenvalue weighted by Gasteiger charge is 2.52. The highest BCUT2D eigenvalue weighted by molar-refractivity contribution is 6.07. The maximum Gasteiger partial charge on any atom is 0.410 e. The van der Waals surface area contributed by atoms with Crippen LogP contribution in [0.5, 0.6) is 0 Å². The monoisotopic (exact) mass is 330 g/mol. The fourth-order valence-corrected chi connectivity index (χ4v) is 3.49. The van der Waals surface area contributed by atoms with Crippen LogP contribution in [0.25, 0.3) is 0 Å². The van der Waals surface area contributed by atoms with Gasteiger partial charge in [0.15, 0.2) is 0 Å². The predicted octanol–water partition coefficient (Wildman–Crippen LogP) is 3.64. The molecule has 24 heavy (non-hydrogen) atoms. The highest BCUT2D eigenvalue weighted by atomic mass is 16.6. The summed E-state index contributed by atoms with van der Waals surface area (Å²) >= 11 is 0. The number of benzene rings is 1. The molecule has 1 saturated heterocycles. The number of fused-ring (bicyclic) bond motifs is 2. The maximum atomic E-state index is 12.7. The summed E-state index contributed by atoms with van der Waals surface area (Å²) in [5.74, 6) is 0.385. The van der Waals surface area contributed by atoms with Crippen molar-refractivity contribution in [1.82, 2.24) is 4.90 Å². The molecule has 0 aliphatic carbocycles. The van der Waals surface area contributed by atoms with E-state index < -0.39 is 11.0 Å². The molecule has 1 aromatic rings. The Labute approximate surface area is 143 Å². The van der Waals surface area contributed by atoms with E-state index in [2.05, 4.69) is 31.3 Å². The topological polar surface area (TPSA) is 58.6 Å². The first-order valence-electron chi connectivity index (χ1n) is 8.56. The van der Waals surface area contributed by atoms with E-state index in [4.69, 9.17) is 4.74 Å². The molecule has 0 radical (unpaired) electrons. The number of likely N-dealkylation sites (tertiary alicyclic amines) is 1. The molecule has 130 valence electrons. The summed E-state index contributed by atoms with van der Waals surface area (Å²) in [5, 5.41) is 2.99. The van der Waals surface area contributed by atoms with Gasteiger partial charge < -0.3 is 15.0 Å². The summed E-state index contributed by atoms with van der Waals surface area (Å²) in [6.45, 7) is 10.7. The lowest BCUT2D eigenvalue weighted by molar-refractivity contribution is -0.120. The van der Waals surface area contributed by atoms with Crippen molar-refractivity contribution < 1.29 is 14.3 Å². The summed E-state index contributed by atoms with van der Waals surface area (Å²) in [5.41, 5.74) is 1.92. The van der Waals surface area contributed by atoms with Crippen LogP contribution in [-0.4, -0.2) is 35.6 Å². The van der Waals surface area contributed by atoms with E-state index in [1.165, 1.54) is 5.56 Å². The van der Waals surface area contributed by atoms with Crippen molar-refractivity contribution in [3.63, 3.8) is 0 Å². The lowest BCUT2D eigenvalue weighted by Crippen LogP contribution is -2.41. The third-order valence-corrected chi connectivity index (χ3v) is 4.83. The Morgan fingerprint density at radius 2 is 2.04 bits per heavy atom. The van der Waals surface area contributed by atoms with E-state index in [0.717, 1.165) is 11.3 Å². The van der Waals surface area contributed by atoms with E-state index in [9.17, 15) is 9.59 Å². The average Bonchev–Trinajstić information content (AvgIpc) is 3.02. The van der Waals surface area contributed by atoms with Gasteiger partial charge in [-0.2, -0.15) is 0 Å². The number of rotatable bonds is 1. The molecule has 3 rings (SSSR count). The van der Waals surface area contributed by atoms with Gasteiger partial charge in [0.2, 0.25) is 5.91 Å². The zero-order valence-electron chi connectivity index (χ0n) is 15.1. The van der Waals surface area contributed by atoms with Crippen molar-refractivity contribution in [1.29, 1.82) is 0 Å². The molecule has 5 heteroatoms. The van der Waals surface area contributed by atoms with Crippen LogP contribution in [0.3, 0.4) is 0 Å². The van der Waals surface area contributed by atoms with Crippen molar-refractivity contribution >= 4 is 17.7 Å². The molecule has 2 heterocycles. The Hall–Kier alpha value is -2.04. The number of hydrogen-bond acceptors (Lipinski definition) is 3. The number of anilines is 1. The molecule has 5 nitrogen and oxygen atoms in total. The largest absolute Gasteiger partial charge is 0.444 e. The number of hydrogen-bond donors (Lipinski definition) is 1. The van der Waals surface area contributed by atoms with E-state index in [1.807, 2.05) is 26.8 Å². The van der Waals surface area contributed by atoms with Crippen LogP contribution < -0.4 is 5.32 Å². The van der Waals surface area contributed by atoms with E-state index >= 15 is 0 Å². The standard InChI is InChI=1S/C19H26N2O3/c1-12(2)13-6-7-15-14(10-13)19(16(22)20-15)8-9-21(11-19)17(23)24-18(3,4)5/h6-7,10,12H,8-9,11H2,1-5H3,(H,20,22). The Morgan fingerprint density at radius 3 is 2.67 bits per heavy atom.